The molecule has 5 aliphatic heterocycles. The fourth-order valence-corrected chi connectivity index (χ4v) is 8.16. The number of hydrogen-bond acceptors (Lipinski definition) is 5. The summed E-state index contributed by atoms with van der Waals surface area (Å²) in [6.45, 7) is 3.73. The van der Waals surface area contributed by atoms with Crippen molar-refractivity contribution in [3.05, 3.63) is 29.8 Å². The Morgan fingerprint density at radius 1 is 1.33 bits per heavy atom. The zero-order chi connectivity index (χ0) is 18.7. The van der Waals surface area contributed by atoms with Crippen LogP contribution in [0.4, 0.5) is 5.69 Å². The quantitative estimate of drug-likeness (QED) is 0.811. The normalized spacial score (nSPS) is 50.7. The van der Waals surface area contributed by atoms with Crippen LogP contribution in [0.5, 0.6) is 0 Å². The van der Waals surface area contributed by atoms with E-state index in [1.807, 2.05) is 0 Å². The fourth-order valence-electron chi connectivity index (χ4n) is 8.16. The SMILES string of the molecule is CC[C@H]1[C@@H]2C[C@H]3[C@@H]4N(C)c5ccccc5[C@]45C[C@@H]([C@H]2[C@H]5O)N3[C@@H]1OC(C)=O. The van der Waals surface area contributed by atoms with Gasteiger partial charge in [0.25, 0.3) is 0 Å². The number of carbonyl (C=O) groups excluding carboxylic acids is 1. The minimum Gasteiger partial charge on any atom is -0.446 e. The summed E-state index contributed by atoms with van der Waals surface area (Å²) in [5, 5.41) is 11.8. The molecule has 7 rings (SSSR count). The van der Waals surface area contributed by atoms with E-state index in [4.69, 9.17) is 4.74 Å². The van der Waals surface area contributed by atoms with Crippen molar-refractivity contribution in [3.63, 3.8) is 0 Å². The molecule has 1 aromatic carbocycles. The number of hydrogen-bond donors (Lipinski definition) is 1. The molecule has 4 saturated heterocycles. The highest BCUT2D eigenvalue weighted by atomic mass is 16.6. The molecule has 1 aliphatic carbocycles. The number of carbonyl (C=O) groups is 1. The molecule has 5 fully saturated rings. The molecule has 5 nitrogen and oxygen atoms in total. The van der Waals surface area contributed by atoms with E-state index < -0.39 is 0 Å². The second-order valence-corrected chi connectivity index (χ2v) is 9.39. The molecule has 0 amide bonds. The number of esters is 1. The number of benzene rings is 1. The van der Waals surface area contributed by atoms with Gasteiger partial charge in [-0.1, -0.05) is 25.1 Å². The van der Waals surface area contributed by atoms with E-state index in [1.54, 1.807) is 0 Å². The summed E-state index contributed by atoms with van der Waals surface area (Å²) in [6.07, 6.45) is 2.64. The van der Waals surface area contributed by atoms with Crippen molar-refractivity contribution in [2.45, 2.75) is 69.0 Å². The lowest BCUT2D eigenvalue weighted by molar-refractivity contribution is -0.228. The first-order valence-corrected chi connectivity index (χ1v) is 10.5. The van der Waals surface area contributed by atoms with Gasteiger partial charge in [0.2, 0.25) is 0 Å². The average molecular weight is 368 g/mol. The van der Waals surface area contributed by atoms with E-state index in [-0.39, 0.29) is 29.8 Å². The Morgan fingerprint density at radius 2 is 2.11 bits per heavy atom. The van der Waals surface area contributed by atoms with Crippen LogP contribution in [0, 0.1) is 17.8 Å². The topological polar surface area (TPSA) is 53.0 Å². The third-order valence-corrected chi connectivity index (χ3v) is 8.72. The van der Waals surface area contributed by atoms with Crippen LogP contribution in [0.15, 0.2) is 24.3 Å². The first-order chi connectivity index (χ1) is 13.0. The maximum Gasteiger partial charge on any atom is 0.304 e. The number of nitrogens with zero attached hydrogens (tertiary/aromatic N) is 2. The number of rotatable bonds is 2. The van der Waals surface area contributed by atoms with Gasteiger partial charge in [0.05, 0.1) is 12.1 Å². The van der Waals surface area contributed by atoms with Crippen LogP contribution in [0.1, 0.15) is 38.7 Å². The summed E-state index contributed by atoms with van der Waals surface area (Å²) < 4.78 is 5.91. The Kier molecular flexibility index (Phi) is 3.07. The van der Waals surface area contributed by atoms with Gasteiger partial charge in [0, 0.05) is 49.0 Å². The molecular weight excluding hydrogens is 340 g/mol. The first kappa shape index (κ1) is 16.4. The van der Waals surface area contributed by atoms with Gasteiger partial charge in [-0.2, -0.15) is 0 Å². The van der Waals surface area contributed by atoms with Crippen LogP contribution in [0.2, 0.25) is 0 Å². The first-order valence-electron chi connectivity index (χ1n) is 10.5. The number of para-hydroxylation sites is 1. The number of anilines is 1. The largest absolute Gasteiger partial charge is 0.446 e. The summed E-state index contributed by atoms with van der Waals surface area (Å²) >= 11 is 0. The molecular formula is C22H28N2O3. The second kappa shape index (κ2) is 5.06. The minimum atomic E-state index is -0.314. The lowest BCUT2D eigenvalue weighted by Crippen LogP contribution is -2.73. The third kappa shape index (κ3) is 1.64. The monoisotopic (exact) mass is 368 g/mol. The smallest absolute Gasteiger partial charge is 0.304 e. The van der Waals surface area contributed by atoms with Crippen molar-refractivity contribution in [1.82, 2.24) is 4.90 Å². The number of piperidine rings is 4. The second-order valence-electron chi connectivity index (χ2n) is 9.39. The summed E-state index contributed by atoms with van der Waals surface area (Å²) in [7, 11) is 2.18. The van der Waals surface area contributed by atoms with E-state index in [2.05, 4.69) is 48.0 Å². The zero-order valence-corrected chi connectivity index (χ0v) is 16.2. The van der Waals surface area contributed by atoms with Gasteiger partial charge in [0.15, 0.2) is 6.23 Å². The minimum absolute atomic E-state index is 0.127. The number of likely N-dealkylation sites (N-methyl/N-ethyl adjacent to an activating group) is 1. The van der Waals surface area contributed by atoms with E-state index >= 15 is 0 Å². The summed E-state index contributed by atoms with van der Waals surface area (Å²) in [4.78, 5) is 16.8. The molecule has 6 aliphatic rings. The number of ether oxygens (including phenoxy) is 1. The van der Waals surface area contributed by atoms with E-state index in [9.17, 15) is 9.90 Å². The zero-order valence-electron chi connectivity index (χ0n) is 16.2. The number of fused-ring (bicyclic) bond motifs is 2. The number of aliphatic hydroxyl groups excluding tert-OH is 1. The van der Waals surface area contributed by atoms with Crippen molar-refractivity contribution < 1.29 is 14.6 Å². The van der Waals surface area contributed by atoms with Gasteiger partial charge in [-0.3, -0.25) is 9.69 Å². The molecule has 1 N–H and O–H groups in total. The van der Waals surface area contributed by atoms with Crippen LogP contribution >= 0.6 is 0 Å². The maximum absolute atomic E-state index is 11.9. The molecule has 0 aromatic heterocycles. The lowest BCUT2D eigenvalue weighted by Gasteiger charge is -2.62. The molecule has 5 heteroatoms. The summed E-state index contributed by atoms with van der Waals surface area (Å²) in [5.74, 6) is 0.882. The Balaban J connectivity index is 1.54. The Hall–Kier alpha value is -1.59. The molecule has 1 saturated carbocycles. The van der Waals surface area contributed by atoms with Crippen LogP contribution in [0.3, 0.4) is 0 Å². The van der Waals surface area contributed by atoms with Crippen LogP contribution in [-0.4, -0.2) is 53.5 Å². The van der Waals surface area contributed by atoms with Crippen LogP contribution in [0.25, 0.3) is 0 Å². The summed E-state index contributed by atoms with van der Waals surface area (Å²) in [6, 6.07) is 9.57. The highest BCUT2D eigenvalue weighted by Gasteiger charge is 2.76. The van der Waals surface area contributed by atoms with Crippen molar-refractivity contribution in [2.24, 2.45) is 17.8 Å². The fraction of sp³-hybridized carbons (Fsp3) is 0.682. The number of aliphatic hydroxyl groups is 1. The molecule has 1 aromatic rings. The van der Waals surface area contributed by atoms with Crippen LogP contribution < -0.4 is 4.90 Å². The molecule has 27 heavy (non-hydrogen) atoms. The molecule has 1 unspecified atom stereocenters. The Bertz CT molecular complexity index is 828. The molecule has 5 heterocycles. The standard InChI is InChI=1S/C22H28N2O3/c1-4-12-13-9-16-19-22(14-7-5-6-8-15(14)23(19)3)10-17(18(13)20(22)26)24(16)21(12)27-11(2)25/h5-8,12-13,16-21,26H,4,9-10H2,1-3H3/t12-,13-,16-,17-,18-,19-,20+,21+,22+/m0/s1. The molecule has 5 bridgehead atoms. The highest BCUT2D eigenvalue weighted by molar-refractivity contribution is 5.68. The highest BCUT2D eigenvalue weighted by Crippen LogP contribution is 2.69. The molecule has 1 spiro atoms. The molecule has 10 atom stereocenters. The van der Waals surface area contributed by atoms with Crippen LogP contribution in [-0.2, 0) is 14.9 Å². The van der Waals surface area contributed by atoms with Crippen molar-refractivity contribution >= 4 is 11.7 Å². The Labute approximate surface area is 160 Å². The Morgan fingerprint density at radius 3 is 2.85 bits per heavy atom. The van der Waals surface area contributed by atoms with E-state index in [1.165, 1.54) is 18.2 Å². The van der Waals surface area contributed by atoms with E-state index in [0.29, 0.717) is 29.8 Å². The summed E-state index contributed by atoms with van der Waals surface area (Å²) in [5.41, 5.74) is 2.43. The maximum atomic E-state index is 11.9. The van der Waals surface area contributed by atoms with Gasteiger partial charge in [0.1, 0.15) is 0 Å². The molecule has 0 radical (unpaired) electrons. The van der Waals surface area contributed by atoms with Crippen molar-refractivity contribution in [2.75, 3.05) is 11.9 Å². The van der Waals surface area contributed by atoms with Gasteiger partial charge in [-0.25, -0.2) is 0 Å². The average Bonchev–Trinajstić information content (AvgIpc) is 3.04. The van der Waals surface area contributed by atoms with E-state index in [0.717, 1.165) is 19.3 Å². The van der Waals surface area contributed by atoms with Gasteiger partial charge in [-0.15, -0.1) is 0 Å². The predicted molar refractivity (Wildman–Crippen MR) is 101 cm³/mol. The molecule has 144 valence electrons. The van der Waals surface area contributed by atoms with Gasteiger partial charge >= 0.3 is 5.97 Å². The van der Waals surface area contributed by atoms with Gasteiger partial charge in [-0.05, 0) is 36.8 Å². The van der Waals surface area contributed by atoms with Crippen molar-refractivity contribution in [1.29, 1.82) is 0 Å². The lowest BCUT2D eigenvalue weighted by atomic mass is 9.62. The van der Waals surface area contributed by atoms with Gasteiger partial charge < -0.3 is 14.7 Å². The predicted octanol–water partition coefficient (Wildman–Crippen LogP) is 2.13. The van der Waals surface area contributed by atoms with Crippen molar-refractivity contribution in [3.8, 4) is 0 Å². The third-order valence-electron chi connectivity index (χ3n) is 8.72.